The van der Waals surface area contributed by atoms with Crippen LogP contribution in [0.3, 0.4) is 0 Å². The number of nitrogens with one attached hydrogen (secondary N) is 2. The summed E-state index contributed by atoms with van der Waals surface area (Å²) in [5, 5.41) is 0. The molecule has 5 aromatic rings. The van der Waals surface area contributed by atoms with Crippen molar-refractivity contribution >= 4 is 37.3 Å². The first-order chi connectivity index (χ1) is 20.2. The Morgan fingerprint density at radius 3 is 2.33 bits per heavy atom. The molecule has 0 atom stereocenters. The maximum atomic E-state index is 14.9. The second kappa shape index (κ2) is 11.1. The van der Waals surface area contributed by atoms with Gasteiger partial charge >= 0.3 is 6.18 Å². The molecule has 0 amide bonds. The zero-order chi connectivity index (χ0) is 31.2. The van der Waals surface area contributed by atoms with Crippen molar-refractivity contribution in [2.75, 3.05) is 17.5 Å². The molecule has 0 fully saturated rings. The number of halogens is 4. The molecule has 0 saturated heterocycles. The lowest BCUT2D eigenvalue weighted by Crippen LogP contribution is -2.21. The van der Waals surface area contributed by atoms with Gasteiger partial charge < -0.3 is 4.98 Å². The first kappa shape index (κ1) is 30.1. The largest absolute Gasteiger partial charge is 0.417 e. The van der Waals surface area contributed by atoms with Crippen LogP contribution in [-0.2, 0) is 30.6 Å². The summed E-state index contributed by atoms with van der Waals surface area (Å²) in [5.41, 5.74) is 0.411. The number of pyridine rings is 1. The molecule has 3 aromatic heterocycles. The Labute approximate surface area is 242 Å². The smallest absolute Gasteiger partial charge is 0.336 e. The van der Waals surface area contributed by atoms with Crippen molar-refractivity contribution in [3.8, 4) is 34.0 Å². The lowest BCUT2D eigenvalue weighted by molar-refractivity contribution is -0.137. The van der Waals surface area contributed by atoms with Gasteiger partial charge in [0.15, 0.2) is 5.65 Å². The van der Waals surface area contributed by atoms with Gasteiger partial charge in [0.1, 0.15) is 17.2 Å². The Hall–Kier alpha value is -4.35. The van der Waals surface area contributed by atoms with E-state index in [0.29, 0.717) is 9.54 Å². The SMILES string of the molecule is CCCS(=O)(=O)n1c(NOS(C)(=O)=O)nc2ccc(-c3[nH]c(-c4c(F)cccc4C(F)(F)F)nc3-c3ccccc3)nc21. The van der Waals surface area contributed by atoms with Gasteiger partial charge in [-0.25, -0.2) is 33.2 Å². The monoisotopic (exact) mass is 638 g/mol. The fourth-order valence-electron chi connectivity index (χ4n) is 4.35. The molecule has 226 valence electrons. The lowest BCUT2D eigenvalue weighted by Gasteiger charge is -2.11. The number of anilines is 1. The fourth-order valence-corrected chi connectivity index (χ4v) is 6.01. The summed E-state index contributed by atoms with van der Waals surface area (Å²) < 4.78 is 111. The van der Waals surface area contributed by atoms with Crippen LogP contribution in [0, 0.1) is 5.82 Å². The standard InChI is InChI=1S/C26H22F4N6O5S2/c1-3-14-43(39,40)36-24-19(32-25(36)35-41-42(2,37)38)13-12-18(31-24)22-21(15-8-5-4-6-9-15)33-23(34-22)20-16(26(28,29)30)10-7-11-17(20)27/h4-13H,3,14H2,1-2H3,(H,32,35)(H,33,34). The number of imidazole rings is 2. The molecule has 3 heterocycles. The Balaban J connectivity index is 1.77. The van der Waals surface area contributed by atoms with E-state index >= 15 is 0 Å². The molecule has 0 bridgehead atoms. The van der Waals surface area contributed by atoms with Gasteiger partial charge in [0, 0.05) is 5.56 Å². The highest BCUT2D eigenvalue weighted by atomic mass is 32.2. The normalized spacial score (nSPS) is 12.6. The molecular formula is C26H22F4N6O5S2. The van der Waals surface area contributed by atoms with E-state index < -0.39 is 55.0 Å². The van der Waals surface area contributed by atoms with Crippen LogP contribution < -0.4 is 5.48 Å². The topological polar surface area (TPSA) is 149 Å². The zero-order valence-electron chi connectivity index (χ0n) is 22.3. The molecule has 0 saturated carbocycles. The van der Waals surface area contributed by atoms with Crippen molar-refractivity contribution in [3.05, 3.63) is 72.0 Å². The zero-order valence-corrected chi connectivity index (χ0v) is 24.0. The van der Waals surface area contributed by atoms with E-state index in [1.165, 1.54) is 12.1 Å². The predicted octanol–water partition coefficient (Wildman–Crippen LogP) is 5.20. The third-order valence-electron chi connectivity index (χ3n) is 6.05. The molecule has 0 aliphatic carbocycles. The van der Waals surface area contributed by atoms with E-state index in [1.807, 2.05) is 5.48 Å². The Morgan fingerprint density at radius 1 is 0.953 bits per heavy atom. The maximum Gasteiger partial charge on any atom is 0.417 e. The maximum absolute atomic E-state index is 14.9. The van der Waals surface area contributed by atoms with E-state index in [2.05, 4.69) is 24.2 Å². The van der Waals surface area contributed by atoms with Gasteiger partial charge in [-0.05, 0) is 30.7 Å². The summed E-state index contributed by atoms with van der Waals surface area (Å²) >= 11 is 0. The molecule has 0 aliphatic heterocycles. The van der Waals surface area contributed by atoms with E-state index in [-0.39, 0.29) is 40.4 Å². The Morgan fingerprint density at radius 2 is 1.67 bits per heavy atom. The van der Waals surface area contributed by atoms with Gasteiger partial charge in [-0.3, -0.25) is 0 Å². The fraction of sp³-hybridized carbons (Fsp3) is 0.192. The summed E-state index contributed by atoms with van der Waals surface area (Å²) in [6, 6.07) is 13.6. The van der Waals surface area contributed by atoms with Gasteiger partial charge in [0.25, 0.3) is 10.1 Å². The summed E-state index contributed by atoms with van der Waals surface area (Å²) in [7, 11) is -8.23. The van der Waals surface area contributed by atoms with Crippen LogP contribution in [0.4, 0.5) is 23.5 Å². The number of nitrogens with zero attached hydrogens (tertiary/aromatic N) is 4. The number of hydrogen-bond donors (Lipinski definition) is 2. The second-order valence-corrected chi connectivity index (χ2v) is 12.8. The molecule has 0 radical (unpaired) electrons. The summed E-state index contributed by atoms with van der Waals surface area (Å²) in [5.74, 6) is -2.46. The van der Waals surface area contributed by atoms with Gasteiger partial charge in [-0.2, -0.15) is 25.6 Å². The second-order valence-electron chi connectivity index (χ2n) is 9.28. The summed E-state index contributed by atoms with van der Waals surface area (Å²) in [6.45, 7) is 1.62. The van der Waals surface area contributed by atoms with Gasteiger partial charge in [-0.15, -0.1) is 4.28 Å². The van der Waals surface area contributed by atoms with Crippen LogP contribution in [0.15, 0.2) is 60.7 Å². The van der Waals surface area contributed by atoms with Crippen LogP contribution in [0.5, 0.6) is 0 Å². The van der Waals surface area contributed by atoms with Crippen LogP contribution in [0.25, 0.3) is 45.2 Å². The highest BCUT2D eigenvalue weighted by molar-refractivity contribution is 7.90. The van der Waals surface area contributed by atoms with Gasteiger partial charge in [0.05, 0.1) is 40.2 Å². The number of aromatic nitrogens is 5. The molecule has 43 heavy (non-hydrogen) atoms. The Bertz CT molecular complexity index is 2040. The van der Waals surface area contributed by atoms with E-state index in [4.69, 9.17) is 0 Å². The third kappa shape index (κ3) is 6.09. The average Bonchev–Trinajstić information content (AvgIpc) is 3.53. The van der Waals surface area contributed by atoms with E-state index in [9.17, 15) is 34.4 Å². The molecule has 0 unspecified atom stereocenters. The Kier molecular flexibility index (Phi) is 7.74. The van der Waals surface area contributed by atoms with Crippen molar-refractivity contribution in [2.45, 2.75) is 19.5 Å². The molecule has 17 heteroatoms. The van der Waals surface area contributed by atoms with Crippen LogP contribution in [-0.4, -0.2) is 52.8 Å². The van der Waals surface area contributed by atoms with Crippen molar-refractivity contribution in [1.82, 2.24) is 23.9 Å². The average molecular weight is 639 g/mol. The molecule has 0 spiro atoms. The number of alkyl halides is 3. The molecule has 11 nitrogen and oxygen atoms in total. The number of rotatable bonds is 9. The quantitative estimate of drug-likeness (QED) is 0.164. The highest BCUT2D eigenvalue weighted by Crippen LogP contribution is 2.40. The molecule has 2 aromatic carbocycles. The minimum Gasteiger partial charge on any atom is -0.336 e. The number of H-pyrrole nitrogens is 1. The van der Waals surface area contributed by atoms with Crippen molar-refractivity contribution in [3.63, 3.8) is 0 Å². The van der Waals surface area contributed by atoms with Crippen molar-refractivity contribution < 1.29 is 38.7 Å². The first-order valence-electron chi connectivity index (χ1n) is 12.5. The summed E-state index contributed by atoms with van der Waals surface area (Å²) in [6.07, 6.45) is -3.96. The van der Waals surface area contributed by atoms with Crippen LogP contribution in [0.1, 0.15) is 18.9 Å². The molecule has 0 aliphatic rings. The molecule has 5 rings (SSSR count). The number of hydrogen-bond acceptors (Lipinski definition) is 9. The van der Waals surface area contributed by atoms with Crippen molar-refractivity contribution in [2.24, 2.45) is 0 Å². The van der Waals surface area contributed by atoms with E-state index in [1.54, 1.807) is 37.3 Å². The third-order valence-corrected chi connectivity index (χ3v) is 8.27. The number of aromatic amines is 1. The van der Waals surface area contributed by atoms with Gasteiger partial charge in [-0.1, -0.05) is 43.3 Å². The van der Waals surface area contributed by atoms with Crippen molar-refractivity contribution in [1.29, 1.82) is 0 Å². The number of fused-ring (bicyclic) bond motifs is 1. The summed E-state index contributed by atoms with van der Waals surface area (Å²) in [4.78, 5) is 15.6. The van der Waals surface area contributed by atoms with Crippen LogP contribution in [0.2, 0.25) is 0 Å². The van der Waals surface area contributed by atoms with Crippen LogP contribution >= 0.6 is 0 Å². The minimum absolute atomic E-state index is 0.0255. The minimum atomic E-state index is -4.90. The highest BCUT2D eigenvalue weighted by Gasteiger charge is 2.36. The molecule has 2 N–H and O–H groups in total. The van der Waals surface area contributed by atoms with E-state index in [0.717, 1.165) is 24.5 Å². The van der Waals surface area contributed by atoms with Gasteiger partial charge in [0.2, 0.25) is 16.0 Å². The first-order valence-corrected chi connectivity index (χ1v) is 15.9. The predicted molar refractivity (Wildman–Crippen MR) is 150 cm³/mol. The lowest BCUT2D eigenvalue weighted by atomic mass is 10.1. The molecular weight excluding hydrogens is 616 g/mol. The number of benzene rings is 2.